The minimum Gasteiger partial charge on any atom is -0.375 e. The van der Waals surface area contributed by atoms with Crippen molar-refractivity contribution >= 4 is 6.03 Å². The smallest absolute Gasteiger partial charge is 0.315 e. The molecule has 5 heteroatoms. The van der Waals surface area contributed by atoms with Crippen molar-refractivity contribution in [2.45, 2.75) is 69.9 Å². The van der Waals surface area contributed by atoms with Gasteiger partial charge in [0, 0.05) is 31.1 Å². The molecule has 2 amide bonds. The van der Waals surface area contributed by atoms with Crippen molar-refractivity contribution in [3.8, 4) is 0 Å². The molecule has 1 aliphatic heterocycles. The van der Waals surface area contributed by atoms with Gasteiger partial charge in [-0.2, -0.15) is 0 Å². The highest BCUT2D eigenvalue weighted by Crippen LogP contribution is 2.38. The van der Waals surface area contributed by atoms with Gasteiger partial charge in [0.05, 0.1) is 5.60 Å². The first kappa shape index (κ1) is 17.2. The first-order valence-electron chi connectivity index (χ1n) is 9.25. The first-order valence-corrected chi connectivity index (χ1v) is 9.25. The number of hydrogen-bond donors (Lipinski definition) is 2. The summed E-state index contributed by atoms with van der Waals surface area (Å²) in [7, 11) is 0. The number of nitrogens with one attached hydrogen (secondary N) is 2. The largest absolute Gasteiger partial charge is 0.375 e. The second-order valence-corrected chi connectivity index (χ2v) is 7.24. The van der Waals surface area contributed by atoms with Crippen molar-refractivity contribution in [1.29, 1.82) is 0 Å². The molecule has 0 radical (unpaired) electrons. The van der Waals surface area contributed by atoms with Crippen LogP contribution in [0.25, 0.3) is 0 Å². The average molecular weight is 331 g/mol. The van der Waals surface area contributed by atoms with Crippen LogP contribution in [-0.2, 0) is 11.2 Å². The highest BCUT2D eigenvalue weighted by atomic mass is 16.5. The summed E-state index contributed by atoms with van der Waals surface area (Å²) in [5, 5.41) is 6.11. The van der Waals surface area contributed by atoms with Gasteiger partial charge in [-0.15, -0.1) is 0 Å². The topological polar surface area (TPSA) is 63.2 Å². The number of aryl methyl sites for hydroxylation is 1. The summed E-state index contributed by atoms with van der Waals surface area (Å²) in [6.45, 7) is 3.37. The molecule has 0 aromatic carbocycles. The maximum absolute atomic E-state index is 12.1. The molecule has 1 saturated carbocycles. The Balaban J connectivity index is 1.40. The van der Waals surface area contributed by atoms with E-state index >= 15 is 0 Å². The fraction of sp³-hybridized carbons (Fsp3) is 0.684. The van der Waals surface area contributed by atoms with Crippen LogP contribution in [0.15, 0.2) is 18.3 Å². The molecule has 3 rings (SSSR count). The molecule has 1 saturated heterocycles. The first-order chi connectivity index (χ1) is 11.7. The number of ether oxygens (including phenoxy) is 1. The van der Waals surface area contributed by atoms with Gasteiger partial charge in [-0.3, -0.25) is 4.98 Å². The average Bonchev–Trinajstić information content (AvgIpc) is 2.57. The van der Waals surface area contributed by atoms with Crippen LogP contribution in [0.5, 0.6) is 0 Å². The molecular weight excluding hydrogens is 302 g/mol. The SMILES string of the molecule is Cc1ccc(CCNC(=O)N[C@H]2CCOC3(CCCCC3)C2)cn1. The van der Waals surface area contributed by atoms with Crippen molar-refractivity contribution in [1.82, 2.24) is 15.6 Å². The highest BCUT2D eigenvalue weighted by Gasteiger charge is 2.38. The zero-order valence-electron chi connectivity index (χ0n) is 14.6. The van der Waals surface area contributed by atoms with Crippen LogP contribution in [-0.4, -0.2) is 35.8 Å². The van der Waals surface area contributed by atoms with Crippen molar-refractivity contribution in [2.24, 2.45) is 0 Å². The number of urea groups is 1. The predicted molar refractivity (Wildman–Crippen MR) is 94.0 cm³/mol. The molecule has 24 heavy (non-hydrogen) atoms. The van der Waals surface area contributed by atoms with Crippen LogP contribution < -0.4 is 10.6 Å². The molecule has 0 bridgehead atoms. The second kappa shape index (κ2) is 7.97. The van der Waals surface area contributed by atoms with Crippen LogP contribution >= 0.6 is 0 Å². The van der Waals surface area contributed by atoms with E-state index in [1.165, 1.54) is 19.3 Å². The van der Waals surface area contributed by atoms with Gasteiger partial charge in [0.25, 0.3) is 0 Å². The maximum atomic E-state index is 12.1. The lowest BCUT2D eigenvalue weighted by Crippen LogP contribution is -2.51. The second-order valence-electron chi connectivity index (χ2n) is 7.24. The van der Waals surface area contributed by atoms with Crippen molar-refractivity contribution in [2.75, 3.05) is 13.2 Å². The number of nitrogens with zero attached hydrogens (tertiary/aromatic N) is 1. The Morgan fingerprint density at radius 1 is 1.33 bits per heavy atom. The monoisotopic (exact) mass is 331 g/mol. The zero-order chi connectivity index (χ0) is 16.8. The molecule has 132 valence electrons. The summed E-state index contributed by atoms with van der Waals surface area (Å²) >= 11 is 0. The Morgan fingerprint density at radius 3 is 2.92 bits per heavy atom. The molecular formula is C19H29N3O2. The molecule has 0 unspecified atom stereocenters. The summed E-state index contributed by atoms with van der Waals surface area (Å²) in [6.07, 6.45) is 10.7. The lowest BCUT2D eigenvalue weighted by Gasteiger charge is -2.43. The third-order valence-corrected chi connectivity index (χ3v) is 5.26. The molecule has 2 aliphatic rings. The van der Waals surface area contributed by atoms with Gasteiger partial charge in [-0.1, -0.05) is 25.3 Å². The summed E-state index contributed by atoms with van der Waals surface area (Å²) in [4.78, 5) is 16.4. The normalized spacial score (nSPS) is 23.0. The number of carbonyl (C=O) groups excluding carboxylic acids is 1. The Bertz CT molecular complexity index is 533. The van der Waals surface area contributed by atoms with Gasteiger partial charge in [-0.05, 0) is 50.7 Å². The van der Waals surface area contributed by atoms with E-state index < -0.39 is 0 Å². The van der Waals surface area contributed by atoms with Crippen molar-refractivity contribution in [3.05, 3.63) is 29.6 Å². The number of hydrogen-bond acceptors (Lipinski definition) is 3. The van der Waals surface area contributed by atoms with Gasteiger partial charge in [-0.25, -0.2) is 4.79 Å². The molecule has 2 fully saturated rings. The standard InChI is InChI=1S/C19H29N3O2/c1-15-5-6-16(14-21-15)7-11-20-18(23)22-17-8-12-24-19(13-17)9-3-2-4-10-19/h5-6,14,17H,2-4,7-13H2,1H3,(H2,20,22,23)/t17-/m0/s1. The third kappa shape index (κ3) is 4.69. The van der Waals surface area contributed by atoms with Crippen LogP contribution in [0.4, 0.5) is 4.79 Å². The molecule has 1 spiro atoms. The highest BCUT2D eigenvalue weighted by molar-refractivity contribution is 5.74. The Kier molecular flexibility index (Phi) is 5.72. The van der Waals surface area contributed by atoms with Crippen molar-refractivity contribution in [3.63, 3.8) is 0 Å². The predicted octanol–water partition coefficient (Wildman–Crippen LogP) is 3.11. The fourth-order valence-corrected chi connectivity index (χ4v) is 3.90. The minimum absolute atomic E-state index is 0.0298. The summed E-state index contributed by atoms with van der Waals surface area (Å²) in [6, 6.07) is 4.24. The molecule has 2 heterocycles. The van der Waals surface area contributed by atoms with E-state index in [-0.39, 0.29) is 17.7 Å². The van der Waals surface area contributed by atoms with E-state index in [1.807, 2.05) is 19.2 Å². The summed E-state index contributed by atoms with van der Waals surface area (Å²) < 4.78 is 6.09. The Hall–Kier alpha value is -1.62. The Morgan fingerprint density at radius 2 is 2.17 bits per heavy atom. The van der Waals surface area contributed by atoms with Gasteiger partial charge < -0.3 is 15.4 Å². The van der Waals surface area contributed by atoms with E-state index in [4.69, 9.17) is 4.74 Å². The van der Waals surface area contributed by atoms with Crippen LogP contribution in [0.1, 0.15) is 56.2 Å². The van der Waals surface area contributed by atoms with Crippen molar-refractivity contribution < 1.29 is 9.53 Å². The van der Waals surface area contributed by atoms with Gasteiger partial charge in [0.15, 0.2) is 0 Å². The molecule has 2 N–H and O–H groups in total. The molecule has 1 aromatic rings. The molecule has 1 atom stereocenters. The number of aromatic nitrogens is 1. The van der Waals surface area contributed by atoms with E-state index in [0.29, 0.717) is 6.54 Å². The maximum Gasteiger partial charge on any atom is 0.315 e. The number of pyridine rings is 1. The van der Waals surface area contributed by atoms with Crippen LogP contribution in [0.3, 0.4) is 0 Å². The van der Waals surface area contributed by atoms with Gasteiger partial charge in [0.1, 0.15) is 0 Å². The van der Waals surface area contributed by atoms with Crippen LogP contribution in [0, 0.1) is 6.92 Å². The number of amides is 2. The summed E-state index contributed by atoms with van der Waals surface area (Å²) in [5.41, 5.74) is 2.19. The quantitative estimate of drug-likeness (QED) is 0.891. The molecule has 1 aromatic heterocycles. The number of carbonyl (C=O) groups is 1. The fourth-order valence-electron chi connectivity index (χ4n) is 3.90. The third-order valence-electron chi connectivity index (χ3n) is 5.26. The van der Waals surface area contributed by atoms with Gasteiger partial charge in [0.2, 0.25) is 0 Å². The van der Waals surface area contributed by atoms with E-state index in [9.17, 15) is 4.79 Å². The van der Waals surface area contributed by atoms with E-state index in [2.05, 4.69) is 21.7 Å². The van der Waals surface area contributed by atoms with E-state index in [0.717, 1.165) is 50.0 Å². The Labute approximate surface area is 144 Å². The lowest BCUT2D eigenvalue weighted by molar-refractivity contribution is -0.107. The molecule has 1 aliphatic carbocycles. The van der Waals surface area contributed by atoms with Crippen LogP contribution in [0.2, 0.25) is 0 Å². The lowest BCUT2D eigenvalue weighted by atomic mass is 9.78. The zero-order valence-corrected chi connectivity index (χ0v) is 14.6. The van der Waals surface area contributed by atoms with E-state index in [1.54, 1.807) is 0 Å². The minimum atomic E-state index is -0.0621. The van der Waals surface area contributed by atoms with Gasteiger partial charge >= 0.3 is 6.03 Å². The number of rotatable bonds is 4. The molecule has 5 nitrogen and oxygen atoms in total. The summed E-state index contributed by atoms with van der Waals surface area (Å²) in [5.74, 6) is 0.